The third-order valence-electron chi connectivity index (χ3n) is 5.66. The summed E-state index contributed by atoms with van der Waals surface area (Å²) < 4.78 is 0. The van der Waals surface area contributed by atoms with E-state index in [9.17, 15) is 4.79 Å². The molecule has 1 amide bonds. The van der Waals surface area contributed by atoms with Crippen molar-refractivity contribution < 1.29 is 4.79 Å². The van der Waals surface area contributed by atoms with E-state index in [0.29, 0.717) is 12.0 Å². The summed E-state index contributed by atoms with van der Waals surface area (Å²) in [5.41, 5.74) is -0.241. The first-order chi connectivity index (χ1) is 9.54. The van der Waals surface area contributed by atoms with Gasteiger partial charge in [0.2, 0.25) is 5.91 Å². The molecule has 2 fully saturated rings. The molecule has 0 radical (unpaired) electrons. The molecule has 1 unspecified atom stereocenters. The molecule has 20 heavy (non-hydrogen) atoms. The van der Waals surface area contributed by atoms with Crippen LogP contribution in [0.2, 0.25) is 0 Å². The van der Waals surface area contributed by atoms with Crippen LogP contribution in [-0.2, 0) is 4.79 Å². The summed E-state index contributed by atoms with van der Waals surface area (Å²) in [6, 6.07) is 0.418. The third-order valence-corrected chi connectivity index (χ3v) is 5.66. The fraction of sp³-hybridized carbons (Fsp3) is 0.941. The quantitative estimate of drug-likeness (QED) is 0.831. The van der Waals surface area contributed by atoms with Gasteiger partial charge < -0.3 is 10.6 Å². The van der Waals surface area contributed by atoms with E-state index in [4.69, 9.17) is 0 Å². The minimum absolute atomic E-state index is 0.241. The number of carbonyl (C=O) groups is 1. The maximum absolute atomic E-state index is 12.6. The summed E-state index contributed by atoms with van der Waals surface area (Å²) >= 11 is 0. The van der Waals surface area contributed by atoms with E-state index in [-0.39, 0.29) is 11.3 Å². The van der Waals surface area contributed by atoms with E-state index in [2.05, 4.69) is 31.4 Å². The molecule has 2 aliphatic rings. The maximum atomic E-state index is 12.6. The molecular weight excluding hydrogens is 248 g/mol. The van der Waals surface area contributed by atoms with Gasteiger partial charge in [-0.15, -0.1) is 0 Å². The van der Waals surface area contributed by atoms with Crippen LogP contribution in [-0.4, -0.2) is 25.0 Å². The molecule has 1 atom stereocenters. The minimum atomic E-state index is -0.241. The molecule has 2 N–H and O–H groups in total. The minimum Gasteiger partial charge on any atom is -0.353 e. The molecule has 2 rings (SSSR count). The molecule has 1 aliphatic carbocycles. The van der Waals surface area contributed by atoms with E-state index in [0.717, 1.165) is 19.0 Å². The zero-order valence-electron chi connectivity index (χ0n) is 13.5. The number of rotatable bonds is 4. The van der Waals surface area contributed by atoms with Crippen molar-refractivity contribution in [1.82, 2.24) is 10.6 Å². The van der Waals surface area contributed by atoms with Gasteiger partial charge in [-0.2, -0.15) is 0 Å². The number of carbonyl (C=O) groups excluding carboxylic acids is 1. The van der Waals surface area contributed by atoms with Gasteiger partial charge in [-0.1, -0.05) is 27.2 Å². The molecule has 0 aromatic heterocycles. The fourth-order valence-electron chi connectivity index (χ4n) is 3.74. The molecule has 3 heteroatoms. The van der Waals surface area contributed by atoms with E-state index >= 15 is 0 Å². The van der Waals surface area contributed by atoms with Crippen LogP contribution in [0.25, 0.3) is 0 Å². The summed E-state index contributed by atoms with van der Waals surface area (Å²) in [5, 5.41) is 6.77. The Morgan fingerprint density at radius 2 is 1.90 bits per heavy atom. The van der Waals surface area contributed by atoms with Crippen LogP contribution in [0.15, 0.2) is 0 Å². The first kappa shape index (κ1) is 15.8. The Morgan fingerprint density at radius 3 is 2.45 bits per heavy atom. The number of nitrogens with one attached hydrogen (secondary N) is 2. The predicted molar refractivity (Wildman–Crippen MR) is 83.6 cm³/mol. The molecule has 116 valence electrons. The Bertz CT molecular complexity index is 313. The smallest absolute Gasteiger partial charge is 0.226 e. The number of hydrogen-bond acceptors (Lipinski definition) is 2. The Balaban J connectivity index is 1.84. The largest absolute Gasteiger partial charge is 0.353 e. The van der Waals surface area contributed by atoms with Crippen molar-refractivity contribution in [3.05, 3.63) is 0 Å². The second-order valence-corrected chi connectivity index (χ2v) is 7.36. The highest BCUT2D eigenvalue weighted by molar-refractivity contribution is 5.82. The molecule has 1 aliphatic heterocycles. The average Bonchev–Trinajstić information content (AvgIpc) is 2.49. The van der Waals surface area contributed by atoms with Crippen LogP contribution >= 0.6 is 0 Å². The highest BCUT2D eigenvalue weighted by Gasteiger charge is 2.38. The fourth-order valence-corrected chi connectivity index (χ4v) is 3.74. The van der Waals surface area contributed by atoms with Crippen LogP contribution in [0.4, 0.5) is 0 Å². The van der Waals surface area contributed by atoms with E-state index < -0.39 is 0 Å². The first-order valence-corrected chi connectivity index (χ1v) is 8.55. The zero-order valence-corrected chi connectivity index (χ0v) is 13.5. The van der Waals surface area contributed by atoms with E-state index in [1.165, 1.54) is 44.9 Å². The topological polar surface area (TPSA) is 41.1 Å². The zero-order chi connectivity index (χ0) is 14.6. The Labute approximate surface area is 124 Å². The molecular formula is C17H32N2O. The van der Waals surface area contributed by atoms with Crippen LogP contribution < -0.4 is 10.6 Å². The highest BCUT2D eigenvalue weighted by Crippen LogP contribution is 2.33. The van der Waals surface area contributed by atoms with Crippen LogP contribution in [0, 0.1) is 17.3 Å². The lowest BCUT2D eigenvalue weighted by Crippen LogP contribution is -2.50. The average molecular weight is 280 g/mol. The highest BCUT2D eigenvalue weighted by atomic mass is 16.2. The van der Waals surface area contributed by atoms with Gasteiger partial charge in [0.05, 0.1) is 0 Å². The molecule has 1 saturated heterocycles. The van der Waals surface area contributed by atoms with Gasteiger partial charge >= 0.3 is 0 Å². The lowest BCUT2D eigenvalue weighted by atomic mass is 9.74. The normalized spacial score (nSPS) is 31.9. The first-order valence-electron chi connectivity index (χ1n) is 8.55. The molecule has 0 aromatic carbocycles. The molecule has 3 nitrogen and oxygen atoms in total. The van der Waals surface area contributed by atoms with Gasteiger partial charge in [0.15, 0.2) is 0 Å². The Morgan fingerprint density at radius 1 is 1.20 bits per heavy atom. The predicted octanol–water partition coefficient (Wildman–Crippen LogP) is 3.10. The van der Waals surface area contributed by atoms with Gasteiger partial charge in [0, 0.05) is 11.5 Å². The summed E-state index contributed by atoms with van der Waals surface area (Å²) in [6.45, 7) is 8.62. The molecule has 1 saturated carbocycles. The molecule has 0 bridgehead atoms. The van der Waals surface area contributed by atoms with Crippen LogP contribution in [0.1, 0.15) is 65.7 Å². The monoisotopic (exact) mass is 280 g/mol. The van der Waals surface area contributed by atoms with Crippen LogP contribution in [0.3, 0.4) is 0 Å². The van der Waals surface area contributed by atoms with Gasteiger partial charge in [-0.3, -0.25) is 4.79 Å². The molecule has 0 aromatic rings. The lowest BCUT2D eigenvalue weighted by Gasteiger charge is -2.38. The van der Waals surface area contributed by atoms with E-state index in [1.807, 2.05) is 0 Å². The van der Waals surface area contributed by atoms with Gasteiger partial charge in [0.1, 0.15) is 0 Å². The lowest BCUT2D eigenvalue weighted by molar-refractivity contribution is -0.133. The van der Waals surface area contributed by atoms with Crippen LogP contribution in [0.5, 0.6) is 0 Å². The van der Waals surface area contributed by atoms with Crippen molar-refractivity contribution in [2.75, 3.05) is 13.1 Å². The second-order valence-electron chi connectivity index (χ2n) is 7.36. The SMILES string of the molecule is CCC1CCC(NC(=O)C(C)(C)C2CCCNC2)CC1. The number of amides is 1. The number of hydrogen-bond donors (Lipinski definition) is 2. The van der Waals surface area contributed by atoms with Crippen molar-refractivity contribution in [3.8, 4) is 0 Å². The Kier molecular flexibility index (Phi) is 5.48. The number of piperidine rings is 1. The van der Waals surface area contributed by atoms with Crippen molar-refractivity contribution >= 4 is 5.91 Å². The third kappa shape index (κ3) is 3.75. The van der Waals surface area contributed by atoms with Gasteiger partial charge in [0.25, 0.3) is 0 Å². The summed E-state index contributed by atoms with van der Waals surface area (Å²) in [5.74, 6) is 1.63. The van der Waals surface area contributed by atoms with E-state index in [1.54, 1.807) is 0 Å². The van der Waals surface area contributed by atoms with Crippen molar-refractivity contribution in [2.45, 2.75) is 71.8 Å². The summed E-state index contributed by atoms with van der Waals surface area (Å²) in [4.78, 5) is 12.6. The Hall–Kier alpha value is -0.570. The maximum Gasteiger partial charge on any atom is 0.226 e. The van der Waals surface area contributed by atoms with Crippen molar-refractivity contribution in [3.63, 3.8) is 0 Å². The molecule has 0 spiro atoms. The summed E-state index contributed by atoms with van der Waals surface area (Å²) in [6.07, 6.45) is 8.57. The summed E-state index contributed by atoms with van der Waals surface area (Å²) in [7, 11) is 0. The van der Waals surface area contributed by atoms with Crippen molar-refractivity contribution in [1.29, 1.82) is 0 Å². The standard InChI is InChI=1S/C17H32N2O/c1-4-13-7-9-15(10-8-13)19-16(20)17(2,3)14-6-5-11-18-12-14/h13-15,18H,4-12H2,1-3H3,(H,19,20). The van der Waals surface area contributed by atoms with Crippen molar-refractivity contribution in [2.24, 2.45) is 17.3 Å². The second kappa shape index (κ2) is 6.93. The van der Waals surface area contributed by atoms with Gasteiger partial charge in [-0.05, 0) is 63.5 Å². The van der Waals surface area contributed by atoms with Gasteiger partial charge in [-0.25, -0.2) is 0 Å². The molecule has 1 heterocycles.